The number of hydrogen-bond donors (Lipinski definition) is 0. The third-order valence-electron chi connectivity index (χ3n) is 3.43. The summed E-state index contributed by atoms with van der Waals surface area (Å²) in [6.07, 6.45) is 2.11. The Morgan fingerprint density at radius 1 is 1.09 bits per heavy atom. The van der Waals surface area contributed by atoms with E-state index in [1.807, 2.05) is 26.2 Å². The predicted molar refractivity (Wildman–Crippen MR) is 102 cm³/mol. The Balaban J connectivity index is 0.00000192. The van der Waals surface area contributed by atoms with E-state index in [4.69, 9.17) is 16.3 Å². The molecule has 1 heterocycles. The van der Waals surface area contributed by atoms with Crippen LogP contribution in [0.15, 0.2) is 52.3 Å². The third kappa shape index (κ3) is 4.45. The third-order valence-corrected chi connectivity index (χ3v) is 4.83. The largest absolute Gasteiger partial charge is 0.492 e. The van der Waals surface area contributed by atoms with E-state index < -0.39 is 0 Å². The second-order valence-electron chi connectivity index (χ2n) is 5.44. The Kier molecular flexibility index (Phi) is 6.42. The monoisotopic (exact) mass is 367 g/mol. The van der Waals surface area contributed by atoms with Gasteiger partial charge in [-0.3, -0.25) is 0 Å². The quantitative estimate of drug-likeness (QED) is 0.726. The molecule has 0 amide bonds. The summed E-state index contributed by atoms with van der Waals surface area (Å²) in [6.45, 7) is 1.53. The number of hydrogen-bond acceptors (Lipinski definition) is 3. The maximum absolute atomic E-state index is 6.19. The Morgan fingerprint density at radius 3 is 2.65 bits per heavy atom. The summed E-state index contributed by atoms with van der Waals surface area (Å²) in [5.74, 6) is 0.886. The fourth-order valence-electron chi connectivity index (χ4n) is 2.27. The highest BCUT2D eigenvalue weighted by Gasteiger charge is 2.17. The van der Waals surface area contributed by atoms with E-state index in [0.717, 1.165) is 22.9 Å². The summed E-state index contributed by atoms with van der Waals surface area (Å²) in [5, 5.41) is 0.729. The topological polar surface area (TPSA) is 12.5 Å². The van der Waals surface area contributed by atoms with Crippen molar-refractivity contribution in [1.29, 1.82) is 0 Å². The van der Waals surface area contributed by atoms with Gasteiger partial charge in [0.05, 0.1) is 0 Å². The van der Waals surface area contributed by atoms with Gasteiger partial charge in [0, 0.05) is 26.9 Å². The summed E-state index contributed by atoms with van der Waals surface area (Å²) >= 11 is 7.95. The van der Waals surface area contributed by atoms with Gasteiger partial charge in [-0.15, -0.1) is 12.4 Å². The minimum absolute atomic E-state index is 0. The molecule has 0 saturated heterocycles. The molecule has 0 spiro atoms. The molecule has 0 saturated carbocycles. The molecule has 0 N–H and O–H groups in total. The van der Waals surface area contributed by atoms with Crippen molar-refractivity contribution in [3.8, 4) is 0 Å². The van der Waals surface area contributed by atoms with Gasteiger partial charge in [-0.1, -0.05) is 41.6 Å². The van der Waals surface area contributed by atoms with Crippen LogP contribution in [0.5, 0.6) is 0 Å². The highest BCUT2D eigenvalue weighted by molar-refractivity contribution is 7.99. The Morgan fingerprint density at radius 2 is 1.87 bits per heavy atom. The van der Waals surface area contributed by atoms with E-state index in [1.54, 1.807) is 11.8 Å². The number of ether oxygens (including phenoxy) is 1. The van der Waals surface area contributed by atoms with Crippen LogP contribution in [0.25, 0.3) is 11.8 Å². The number of halogens is 2. The summed E-state index contributed by atoms with van der Waals surface area (Å²) in [5.41, 5.74) is 2.24. The van der Waals surface area contributed by atoms with Crippen molar-refractivity contribution in [2.24, 2.45) is 0 Å². The maximum atomic E-state index is 6.19. The van der Waals surface area contributed by atoms with Gasteiger partial charge >= 0.3 is 0 Å². The first kappa shape index (κ1) is 18.2. The summed E-state index contributed by atoms with van der Waals surface area (Å²) < 4.78 is 6.06. The fourth-order valence-corrected chi connectivity index (χ4v) is 3.48. The molecule has 2 aromatic rings. The average molecular weight is 368 g/mol. The van der Waals surface area contributed by atoms with Crippen LogP contribution < -0.4 is 0 Å². The molecule has 0 fully saturated rings. The van der Waals surface area contributed by atoms with Gasteiger partial charge < -0.3 is 9.64 Å². The van der Waals surface area contributed by atoms with Crippen molar-refractivity contribution in [3.05, 3.63) is 58.6 Å². The smallest absolute Gasteiger partial charge is 0.128 e. The number of nitrogens with zero attached hydrogens (tertiary/aromatic N) is 1. The molecule has 122 valence electrons. The molecule has 1 aliphatic heterocycles. The van der Waals surface area contributed by atoms with E-state index in [0.29, 0.717) is 6.61 Å². The first-order valence-corrected chi connectivity index (χ1v) is 8.39. The van der Waals surface area contributed by atoms with Crippen molar-refractivity contribution in [3.63, 3.8) is 0 Å². The van der Waals surface area contributed by atoms with Gasteiger partial charge in [-0.2, -0.15) is 0 Å². The Bertz CT molecular complexity index is 716. The molecule has 0 bridgehead atoms. The lowest BCUT2D eigenvalue weighted by Crippen LogP contribution is -2.17. The second kappa shape index (κ2) is 8.11. The van der Waals surface area contributed by atoms with Crippen molar-refractivity contribution < 1.29 is 4.74 Å². The summed E-state index contributed by atoms with van der Waals surface area (Å²) in [7, 11) is 4.08. The Labute approximate surface area is 152 Å². The number of benzene rings is 2. The number of likely N-dealkylation sites (N-methyl/N-ethyl adjacent to an activating group) is 1. The second-order valence-corrected chi connectivity index (χ2v) is 6.96. The van der Waals surface area contributed by atoms with Gasteiger partial charge in [-0.05, 0) is 50.0 Å². The lowest BCUT2D eigenvalue weighted by atomic mass is 10.1. The molecule has 0 aliphatic carbocycles. The van der Waals surface area contributed by atoms with E-state index in [2.05, 4.69) is 41.3 Å². The minimum Gasteiger partial charge on any atom is -0.492 e. The van der Waals surface area contributed by atoms with Crippen LogP contribution in [0.4, 0.5) is 0 Å². The predicted octanol–water partition coefficient (Wildman–Crippen LogP) is 5.30. The van der Waals surface area contributed by atoms with E-state index in [9.17, 15) is 0 Å². The summed E-state index contributed by atoms with van der Waals surface area (Å²) in [6, 6.07) is 14.3. The lowest BCUT2D eigenvalue weighted by Gasteiger charge is -2.15. The van der Waals surface area contributed by atoms with Crippen LogP contribution in [-0.2, 0) is 4.74 Å². The van der Waals surface area contributed by atoms with Crippen LogP contribution in [0.1, 0.15) is 11.1 Å². The van der Waals surface area contributed by atoms with Crippen LogP contribution in [-0.4, -0.2) is 32.1 Å². The van der Waals surface area contributed by atoms with Crippen molar-refractivity contribution in [1.82, 2.24) is 4.90 Å². The van der Waals surface area contributed by atoms with Crippen molar-refractivity contribution in [2.75, 3.05) is 27.2 Å². The highest BCUT2D eigenvalue weighted by atomic mass is 35.5. The number of rotatable bonds is 4. The van der Waals surface area contributed by atoms with Gasteiger partial charge in [0.1, 0.15) is 12.4 Å². The van der Waals surface area contributed by atoms with E-state index >= 15 is 0 Å². The standard InChI is InChI=1S/C18H18ClNOS.ClH/c1-20(2)9-10-21-16-11-13-5-3-4-6-17(13)22-18-8-7-14(19)12-15(16)18;/h3-8,11-12H,9-10H2,1-2H3;1H. The highest BCUT2D eigenvalue weighted by Crippen LogP contribution is 2.41. The molecular formula is C18H19Cl2NOS. The molecule has 0 aromatic heterocycles. The van der Waals surface area contributed by atoms with Gasteiger partial charge in [0.25, 0.3) is 0 Å². The zero-order valence-corrected chi connectivity index (χ0v) is 15.5. The molecule has 0 unspecified atom stereocenters. The fraction of sp³-hybridized carbons (Fsp3) is 0.222. The molecule has 0 radical (unpaired) electrons. The average Bonchev–Trinajstić information content (AvgIpc) is 2.64. The maximum Gasteiger partial charge on any atom is 0.128 e. The summed E-state index contributed by atoms with van der Waals surface area (Å²) in [4.78, 5) is 4.52. The van der Waals surface area contributed by atoms with Crippen molar-refractivity contribution >= 4 is 47.6 Å². The van der Waals surface area contributed by atoms with Crippen LogP contribution in [0, 0.1) is 0 Å². The molecule has 1 aliphatic rings. The number of fused-ring (bicyclic) bond motifs is 2. The van der Waals surface area contributed by atoms with Gasteiger partial charge in [0.2, 0.25) is 0 Å². The molecule has 3 rings (SSSR count). The van der Waals surface area contributed by atoms with Gasteiger partial charge in [0.15, 0.2) is 0 Å². The molecule has 23 heavy (non-hydrogen) atoms. The lowest BCUT2D eigenvalue weighted by molar-refractivity contribution is 0.233. The SMILES string of the molecule is CN(C)CCOC1=Cc2ccccc2Sc2ccc(Cl)cc21.Cl. The van der Waals surface area contributed by atoms with E-state index in [1.165, 1.54) is 15.4 Å². The van der Waals surface area contributed by atoms with Crippen LogP contribution >= 0.6 is 35.8 Å². The first-order chi connectivity index (χ1) is 10.6. The van der Waals surface area contributed by atoms with Crippen LogP contribution in [0.3, 0.4) is 0 Å². The first-order valence-electron chi connectivity index (χ1n) is 7.19. The van der Waals surface area contributed by atoms with Crippen molar-refractivity contribution in [2.45, 2.75) is 9.79 Å². The Hall–Kier alpha value is -1.13. The molecular weight excluding hydrogens is 349 g/mol. The minimum atomic E-state index is 0. The van der Waals surface area contributed by atoms with Gasteiger partial charge in [-0.25, -0.2) is 0 Å². The van der Waals surface area contributed by atoms with E-state index in [-0.39, 0.29) is 12.4 Å². The zero-order valence-electron chi connectivity index (χ0n) is 13.1. The normalized spacial score (nSPS) is 12.6. The molecule has 0 atom stereocenters. The molecule has 2 nitrogen and oxygen atoms in total. The molecule has 5 heteroatoms. The zero-order chi connectivity index (χ0) is 15.5. The van der Waals surface area contributed by atoms with Crippen LogP contribution in [0.2, 0.25) is 5.02 Å². The molecule has 2 aromatic carbocycles.